The van der Waals surface area contributed by atoms with Gasteiger partial charge in [-0.2, -0.15) is 0 Å². The lowest BCUT2D eigenvalue weighted by molar-refractivity contribution is 0.0764. The highest BCUT2D eigenvalue weighted by atomic mass is 32.2. The van der Waals surface area contributed by atoms with Crippen LogP contribution in [0.25, 0.3) is 10.9 Å². The number of rotatable bonds is 1. The second kappa shape index (κ2) is 4.87. The van der Waals surface area contributed by atoms with E-state index in [-0.39, 0.29) is 30.5 Å². The molecule has 0 aliphatic carbocycles. The van der Waals surface area contributed by atoms with Crippen LogP contribution in [-0.2, 0) is 9.84 Å². The van der Waals surface area contributed by atoms with E-state index >= 15 is 0 Å². The van der Waals surface area contributed by atoms with Crippen molar-refractivity contribution in [2.24, 2.45) is 0 Å². The van der Waals surface area contributed by atoms with Crippen molar-refractivity contribution in [2.75, 3.05) is 24.6 Å². The molecule has 1 saturated heterocycles. The number of nitrogens with one attached hydrogen (secondary N) is 1. The Hall–Kier alpha value is -1.82. The number of sulfone groups is 1. The normalized spacial score (nSPS) is 18.1. The van der Waals surface area contributed by atoms with Gasteiger partial charge in [0.25, 0.3) is 5.91 Å². The molecule has 0 radical (unpaired) electrons. The first kappa shape index (κ1) is 14.1. The van der Waals surface area contributed by atoms with Crippen LogP contribution in [0.3, 0.4) is 0 Å². The predicted molar refractivity (Wildman–Crippen MR) is 82.3 cm³/mol. The first-order chi connectivity index (χ1) is 9.87. The molecule has 2 aromatic rings. The van der Waals surface area contributed by atoms with E-state index in [0.29, 0.717) is 5.69 Å². The van der Waals surface area contributed by atoms with Gasteiger partial charge in [0.05, 0.1) is 11.5 Å². The van der Waals surface area contributed by atoms with Crippen LogP contribution in [0, 0.1) is 13.8 Å². The Morgan fingerprint density at radius 3 is 2.52 bits per heavy atom. The van der Waals surface area contributed by atoms with Crippen molar-refractivity contribution in [1.29, 1.82) is 0 Å². The van der Waals surface area contributed by atoms with Crippen molar-refractivity contribution in [3.63, 3.8) is 0 Å². The van der Waals surface area contributed by atoms with Crippen LogP contribution >= 0.6 is 0 Å². The van der Waals surface area contributed by atoms with Gasteiger partial charge in [-0.1, -0.05) is 11.6 Å². The first-order valence-corrected chi connectivity index (χ1v) is 8.78. The summed E-state index contributed by atoms with van der Waals surface area (Å²) >= 11 is 0. The first-order valence-electron chi connectivity index (χ1n) is 6.96. The number of hydrogen-bond acceptors (Lipinski definition) is 3. The number of benzene rings is 1. The Labute approximate surface area is 123 Å². The van der Waals surface area contributed by atoms with Crippen LogP contribution in [0.4, 0.5) is 0 Å². The minimum atomic E-state index is -2.98. The van der Waals surface area contributed by atoms with E-state index in [1.807, 2.05) is 26.0 Å². The number of amides is 1. The summed E-state index contributed by atoms with van der Waals surface area (Å²) in [6.07, 6.45) is 0. The Morgan fingerprint density at radius 2 is 1.86 bits per heavy atom. The van der Waals surface area contributed by atoms with Gasteiger partial charge in [-0.25, -0.2) is 8.42 Å². The lowest BCUT2D eigenvalue weighted by Crippen LogP contribution is -2.44. The highest BCUT2D eigenvalue weighted by molar-refractivity contribution is 7.91. The molecule has 0 bridgehead atoms. The summed E-state index contributed by atoms with van der Waals surface area (Å²) in [7, 11) is -2.98. The highest BCUT2D eigenvalue weighted by Crippen LogP contribution is 2.24. The van der Waals surface area contributed by atoms with Crippen LogP contribution in [0.15, 0.2) is 18.2 Å². The van der Waals surface area contributed by atoms with E-state index in [1.54, 1.807) is 4.90 Å². The molecule has 6 heteroatoms. The van der Waals surface area contributed by atoms with Crippen molar-refractivity contribution in [3.05, 3.63) is 35.0 Å². The van der Waals surface area contributed by atoms with Gasteiger partial charge in [0.2, 0.25) is 0 Å². The molecule has 0 spiro atoms. The molecule has 21 heavy (non-hydrogen) atoms. The molecule has 1 aliphatic rings. The topological polar surface area (TPSA) is 70.2 Å². The van der Waals surface area contributed by atoms with Gasteiger partial charge in [0, 0.05) is 24.0 Å². The number of H-pyrrole nitrogens is 1. The van der Waals surface area contributed by atoms with Gasteiger partial charge in [-0.15, -0.1) is 0 Å². The molecule has 1 aliphatic heterocycles. The van der Waals surface area contributed by atoms with E-state index in [2.05, 4.69) is 11.1 Å². The van der Waals surface area contributed by atoms with E-state index in [4.69, 9.17) is 0 Å². The summed E-state index contributed by atoms with van der Waals surface area (Å²) in [6.45, 7) is 4.49. The summed E-state index contributed by atoms with van der Waals surface area (Å²) in [4.78, 5) is 17.4. The van der Waals surface area contributed by atoms with Gasteiger partial charge >= 0.3 is 0 Å². The maximum Gasteiger partial charge on any atom is 0.270 e. The van der Waals surface area contributed by atoms with E-state index in [1.165, 1.54) is 0 Å². The average Bonchev–Trinajstić information content (AvgIpc) is 2.75. The van der Waals surface area contributed by atoms with Gasteiger partial charge in [0.1, 0.15) is 5.69 Å². The third-order valence-electron chi connectivity index (χ3n) is 4.06. The number of nitrogens with zero attached hydrogens (tertiary/aromatic N) is 1. The molecule has 0 atom stereocenters. The van der Waals surface area contributed by atoms with Gasteiger partial charge < -0.3 is 9.88 Å². The second-order valence-corrected chi connectivity index (χ2v) is 7.92. The minimum Gasteiger partial charge on any atom is -0.350 e. The average molecular weight is 306 g/mol. The van der Waals surface area contributed by atoms with Crippen molar-refractivity contribution in [3.8, 4) is 0 Å². The van der Waals surface area contributed by atoms with E-state index < -0.39 is 9.84 Å². The third kappa shape index (κ3) is 2.55. The Kier molecular flexibility index (Phi) is 3.28. The molecule has 0 unspecified atom stereocenters. The molecule has 0 saturated carbocycles. The van der Waals surface area contributed by atoms with E-state index in [9.17, 15) is 13.2 Å². The molecule has 112 valence electrons. The Balaban J connectivity index is 1.93. The number of aryl methyl sites for hydroxylation is 2. The zero-order valence-electron chi connectivity index (χ0n) is 12.1. The number of carbonyl (C=O) groups excluding carboxylic acids is 1. The quantitative estimate of drug-likeness (QED) is 0.871. The zero-order chi connectivity index (χ0) is 15.2. The maximum atomic E-state index is 12.6. The predicted octanol–water partition coefficient (Wildman–Crippen LogP) is 1.66. The number of fused-ring (bicyclic) bond motifs is 1. The van der Waals surface area contributed by atoms with Crippen molar-refractivity contribution >= 4 is 26.6 Å². The lowest BCUT2D eigenvalue weighted by atomic mass is 10.1. The van der Waals surface area contributed by atoms with Gasteiger partial charge in [-0.05, 0) is 31.5 Å². The number of aromatic amines is 1. The van der Waals surface area contributed by atoms with Crippen molar-refractivity contribution in [2.45, 2.75) is 13.8 Å². The monoisotopic (exact) mass is 306 g/mol. The standard InChI is InChI=1S/C15H18N2O3S/c1-10-3-4-13-12(9-10)11(2)14(16-13)15(18)17-5-7-21(19,20)8-6-17/h3-4,9,16H,5-8H2,1-2H3. The van der Waals surface area contributed by atoms with Crippen LogP contribution in [0.2, 0.25) is 0 Å². The molecule has 1 aromatic heterocycles. The third-order valence-corrected chi connectivity index (χ3v) is 5.67. The molecular formula is C15H18N2O3S. The van der Waals surface area contributed by atoms with Gasteiger partial charge in [0.15, 0.2) is 9.84 Å². The molecule has 1 aromatic carbocycles. The van der Waals surface area contributed by atoms with Crippen molar-refractivity contribution in [1.82, 2.24) is 9.88 Å². The molecule has 3 rings (SSSR count). The van der Waals surface area contributed by atoms with Crippen LogP contribution in [-0.4, -0.2) is 48.8 Å². The fraction of sp³-hybridized carbons (Fsp3) is 0.400. The number of aromatic nitrogens is 1. The number of hydrogen-bond donors (Lipinski definition) is 1. The summed E-state index contributed by atoms with van der Waals surface area (Å²) in [5.41, 5.74) is 3.57. The molecule has 1 fully saturated rings. The molecular weight excluding hydrogens is 288 g/mol. The van der Waals surface area contributed by atoms with E-state index in [0.717, 1.165) is 22.0 Å². The fourth-order valence-electron chi connectivity index (χ4n) is 2.73. The molecule has 1 amide bonds. The maximum absolute atomic E-state index is 12.6. The molecule has 5 nitrogen and oxygen atoms in total. The Bertz CT molecular complexity index is 807. The second-order valence-electron chi connectivity index (χ2n) is 5.62. The summed E-state index contributed by atoms with van der Waals surface area (Å²) in [5, 5.41) is 1.04. The number of carbonyl (C=O) groups is 1. The van der Waals surface area contributed by atoms with Crippen molar-refractivity contribution < 1.29 is 13.2 Å². The molecule has 1 N–H and O–H groups in total. The molecule has 2 heterocycles. The van der Waals surface area contributed by atoms with Crippen LogP contribution < -0.4 is 0 Å². The largest absolute Gasteiger partial charge is 0.350 e. The highest BCUT2D eigenvalue weighted by Gasteiger charge is 2.27. The SMILES string of the molecule is Cc1ccc2[nH]c(C(=O)N3CCS(=O)(=O)CC3)c(C)c2c1. The van der Waals surface area contributed by atoms with Crippen LogP contribution in [0.5, 0.6) is 0 Å². The zero-order valence-corrected chi connectivity index (χ0v) is 13.0. The lowest BCUT2D eigenvalue weighted by Gasteiger charge is -2.26. The van der Waals surface area contributed by atoms with Crippen LogP contribution in [0.1, 0.15) is 21.6 Å². The van der Waals surface area contributed by atoms with Gasteiger partial charge in [-0.3, -0.25) is 4.79 Å². The summed E-state index contributed by atoms with van der Waals surface area (Å²) in [5.74, 6) is -0.00918. The smallest absolute Gasteiger partial charge is 0.270 e. The minimum absolute atomic E-state index is 0.0527. The summed E-state index contributed by atoms with van der Waals surface area (Å²) < 4.78 is 22.9. The Morgan fingerprint density at radius 1 is 1.19 bits per heavy atom. The summed E-state index contributed by atoms with van der Waals surface area (Å²) in [6, 6.07) is 6.02. The fourth-order valence-corrected chi connectivity index (χ4v) is 3.93.